The smallest absolute Gasteiger partial charge is 0.226 e. The topological polar surface area (TPSA) is 66.5 Å². The minimum Gasteiger partial charge on any atom is -0.336 e. The third-order valence-electron chi connectivity index (χ3n) is 4.22. The molecule has 6 heteroatoms. The van der Waals surface area contributed by atoms with Crippen LogP contribution in [0, 0.1) is 5.92 Å². The molecule has 5 nitrogen and oxygen atoms in total. The molecule has 0 aromatic heterocycles. The normalized spacial score (nSPS) is 36.4. The van der Waals surface area contributed by atoms with E-state index in [0.717, 1.165) is 25.8 Å². The molecule has 2 aliphatic heterocycles. The minimum atomic E-state index is -2.97. The van der Waals surface area contributed by atoms with E-state index in [1.807, 2.05) is 4.90 Å². The molecule has 1 aliphatic carbocycles. The molecule has 2 heterocycles. The van der Waals surface area contributed by atoms with Gasteiger partial charge in [-0.05, 0) is 12.8 Å². The highest BCUT2D eigenvalue weighted by Crippen LogP contribution is 2.31. The molecule has 0 bridgehead atoms. The standard InChI is InChI=1S/C11H18N2O3S/c14-11(8-2-1-3-8)13-5-4-12-9-6-17(15,16)7-10(9)13/h8-10,12H,1-7H2/t9-,10+/m0/s1. The number of piperazine rings is 1. The molecule has 0 aromatic rings. The fraction of sp³-hybridized carbons (Fsp3) is 0.909. The summed E-state index contributed by atoms with van der Waals surface area (Å²) in [5, 5.41) is 3.22. The Bertz CT molecular complexity index is 430. The van der Waals surface area contributed by atoms with Gasteiger partial charge in [-0.2, -0.15) is 0 Å². The zero-order valence-electron chi connectivity index (χ0n) is 9.76. The summed E-state index contributed by atoms with van der Waals surface area (Å²) in [6.07, 6.45) is 3.09. The van der Waals surface area contributed by atoms with Crippen LogP contribution in [0.5, 0.6) is 0 Å². The predicted molar refractivity (Wildman–Crippen MR) is 63.3 cm³/mol. The van der Waals surface area contributed by atoms with Crippen molar-refractivity contribution in [3.8, 4) is 0 Å². The number of carbonyl (C=O) groups is 1. The molecule has 0 radical (unpaired) electrons. The molecule has 1 N–H and O–H groups in total. The summed E-state index contributed by atoms with van der Waals surface area (Å²) in [5.74, 6) is 0.678. The van der Waals surface area contributed by atoms with Gasteiger partial charge in [-0.15, -0.1) is 0 Å². The lowest BCUT2D eigenvalue weighted by molar-refractivity contribution is -0.141. The van der Waals surface area contributed by atoms with Gasteiger partial charge in [0.05, 0.1) is 17.5 Å². The quantitative estimate of drug-likeness (QED) is 0.681. The maximum atomic E-state index is 12.2. The van der Waals surface area contributed by atoms with Crippen molar-refractivity contribution in [2.24, 2.45) is 5.92 Å². The lowest BCUT2D eigenvalue weighted by atomic mass is 9.83. The monoisotopic (exact) mass is 258 g/mol. The van der Waals surface area contributed by atoms with E-state index >= 15 is 0 Å². The van der Waals surface area contributed by atoms with Crippen molar-refractivity contribution in [1.29, 1.82) is 0 Å². The Labute approximate surface area is 101 Å². The zero-order chi connectivity index (χ0) is 12.0. The zero-order valence-corrected chi connectivity index (χ0v) is 10.6. The molecule has 2 atom stereocenters. The van der Waals surface area contributed by atoms with Gasteiger partial charge < -0.3 is 10.2 Å². The van der Waals surface area contributed by atoms with E-state index in [0.29, 0.717) is 6.54 Å². The number of rotatable bonds is 1. The van der Waals surface area contributed by atoms with Gasteiger partial charge in [0.1, 0.15) is 0 Å². The second-order valence-electron chi connectivity index (χ2n) is 5.36. The van der Waals surface area contributed by atoms with Crippen molar-refractivity contribution in [3.63, 3.8) is 0 Å². The summed E-state index contributed by atoms with van der Waals surface area (Å²) in [7, 11) is -2.97. The van der Waals surface area contributed by atoms with Gasteiger partial charge >= 0.3 is 0 Å². The largest absolute Gasteiger partial charge is 0.336 e. The number of nitrogens with one attached hydrogen (secondary N) is 1. The Hall–Kier alpha value is -0.620. The molecule has 3 fully saturated rings. The van der Waals surface area contributed by atoms with Crippen molar-refractivity contribution < 1.29 is 13.2 Å². The molecule has 0 unspecified atom stereocenters. The summed E-state index contributed by atoms with van der Waals surface area (Å²) >= 11 is 0. The van der Waals surface area contributed by atoms with E-state index in [2.05, 4.69) is 5.32 Å². The number of sulfone groups is 1. The average molecular weight is 258 g/mol. The molecule has 0 spiro atoms. The Morgan fingerprint density at radius 3 is 2.65 bits per heavy atom. The number of hydrogen-bond donors (Lipinski definition) is 1. The fourth-order valence-corrected chi connectivity index (χ4v) is 4.99. The second kappa shape index (κ2) is 3.95. The summed E-state index contributed by atoms with van der Waals surface area (Å²) in [6, 6.07) is -0.167. The van der Waals surface area contributed by atoms with Gasteiger partial charge in [-0.25, -0.2) is 8.42 Å². The van der Waals surface area contributed by atoms with E-state index in [9.17, 15) is 13.2 Å². The van der Waals surface area contributed by atoms with Crippen molar-refractivity contribution in [2.75, 3.05) is 24.6 Å². The minimum absolute atomic E-state index is 0.0437. The van der Waals surface area contributed by atoms with Gasteiger partial charge in [0, 0.05) is 25.0 Å². The molecule has 3 aliphatic rings. The molecule has 3 rings (SSSR count). The first-order valence-corrected chi connectivity index (χ1v) is 8.13. The van der Waals surface area contributed by atoms with Crippen LogP contribution in [0.4, 0.5) is 0 Å². The van der Waals surface area contributed by atoms with Crippen LogP contribution in [0.25, 0.3) is 0 Å². The molecule has 1 amide bonds. The molecular formula is C11H18N2O3S. The highest BCUT2D eigenvalue weighted by Gasteiger charge is 2.46. The van der Waals surface area contributed by atoms with Gasteiger partial charge in [-0.3, -0.25) is 4.79 Å². The summed E-state index contributed by atoms with van der Waals surface area (Å²) < 4.78 is 23.3. The molecule has 17 heavy (non-hydrogen) atoms. The summed E-state index contributed by atoms with van der Waals surface area (Å²) in [5.41, 5.74) is 0. The summed E-state index contributed by atoms with van der Waals surface area (Å²) in [4.78, 5) is 14.1. The molecular weight excluding hydrogens is 240 g/mol. The number of amides is 1. The first-order chi connectivity index (χ1) is 8.07. The van der Waals surface area contributed by atoms with E-state index in [4.69, 9.17) is 0 Å². The lowest BCUT2D eigenvalue weighted by Gasteiger charge is -2.40. The van der Waals surface area contributed by atoms with Crippen LogP contribution >= 0.6 is 0 Å². The first kappa shape index (κ1) is 11.5. The first-order valence-electron chi connectivity index (χ1n) is 6.31. The van der Waals surface area contributed by atoms with E-state index in [1.54, 1.807) is 0 Å². The third kappa shape index (κ3) is 1.97. The van der Waals surface area contributed by atoms with Crippen LogP contribution in [0.2, 0.25) is 0 Å². The Morgan fingerprint density at radius 2 is 2.00 bits per heavy atom. The predicted octanol–water partition coefficient (Wildman–Crippen LogP) is -0.616. The number of nitrogens with zero attached hydrogens (tertiary/aromatic N) is 1. The highest BCUT2D eigenvalue weighted by molar-refractivity contribution is 7.91. The van der Waals surface area contributed by atoms with Crippen LogP contribution in [0.3, 0.4) is 0 Å². The van der Waals surface area contributed by atoms with Crippen molar-refractivity contribution in [3.05, 3.63) is 0 Å². The Kier molecular flexibility index (Phi) is 2.66. The third-order valence-corrected chi connectivity index (χ3v) is 5.94. The van der Waals surface area contributed by atoms with Crippen LogP contribution < -0.4 is 5.32 Å². The number of fused-ring (bicyclic) bond motifs is 1. The van der Waals surface area contributed by atoms with E-state index in [1.165, 1.54) is 0 Å². The van der Waals surface area contributed by atoms with Crippen LogP contribution in [-0.2, 0) is 14.6 Å². The van der Waals surface area contributed by atoms with Gasteiger partial charge in [0.15, 0.2) is 9.84 Å². The van der Waals surface area contributed by atoms with Gasteiger partial charge in [0.25, 0.3) is 0 Å². The Balaban J connectivity index is 1.78. The average Bonchev–Trinajstić information content (AvgIpc) is 2.47. The number of hydrogen-bond acceptors (Lipinski definition) is 4. The molecule has 0 aromatic carbocycles. The van der Waals surface area contributed by atoms with Crippen LogP contribution in [0.1, 0.15) is 19.3 Å². The van der Waals surface area contributed by atoms with Crippen molar-refractivity contribution in [2.45, 2.75) is 31.3 Å². The lowest BCUT2D eigenvalue weighted by Crippen LogP contribution is -2.60. The van der Waals surface area contributed by atoms with Gasteiger partial charge in [0.2, 0.25) is 5.91 Å². The highest BCUT2D eigenvalue weighted by atomic mass is 32.2. The maximum Gasteiger partial charge on any atom is 0.226 e. The van der Waals surface area contributed by atoms with Gasteiger partial charge in [-0.1, -0.05) is 6.42 Å². The maximum absolute atomic E-state index is 12.2. The fourth-order valence-electron chi connectivity index (χ4n) is 3.03. The molecule has 96 valence electrons. The van der Waals surface area contributed by atoms with Crippen LogP contribution in [-0.4, -0.2) is 55.9 Å². The van der Waals surface area contributed by atoms with E-state index < -0.39 is 9.84 Å². The van der Waals surface area contributed by atoms with Crippen molar-refractivity contribution >= 4 is 15.7 Å². The summed E-state index contributed by atoms with van der Waals surface area (Å²) in [6.45, 7) is 1.38. The molecule has 2 saturated heterocycles. The van der Waals surface area contributed by atoms with Crippen LogP contribution in [0.15, 0.2) is 0 Å². The van der Waals surface area contributed by atoms with Crippen molar-refractivity contribution in [1.82, 2.24) is 10.2 Å². The SMILES string of the molecule is O=C(C1CCC1)N1CCN[C@H]2CS(=O)(=O)C[C@H]21. The molecule has 1 saturated carbocycles. The Morgan fingerprint density at radius 1 is 1.24 bits per heavy atom. The number of carbonyl (C=O) groups excluding carboxylic acids is 1. The van der Waals surface area contributed by atoms with E-state index in [-0.39, 0.29) is 35.4 Å². The second-order valence-corrected chi connectivity index (χ2v) is 7.52.